The molecule has 0 saturated carbocycles. The van der Waals surface area contributed by atoms with Crippen LogP contribution in [0.5, 0.6) is 0 Å². The van der Waals surface area contributed by atoms with Crippen LogP contribution in [0.15, 0.2) is 12.2 Å². The van der Waals surface area contributed by atoms with Gasteiger partial charge in [-0.2, -0.15) is 0 Å². The molecular formula is C12H23BrO2. The zero-order valence-corrected chi connectivity index (χ0v) is 11.5. The Morgan fingerprint density at radius 3 is 2.53 bits per heavy atom. The highest BCUT2D eigenvalue weighted by Crippen LogP contribution is 2.02. The average molecular weight is 279 g/mol. The van der Waals surface area contributed by atoms with Gasteiger partial charge in [-0.25, -0.2) is 0 Å². The second-order valence-corrected chi connectivity index (χ2v) is 4.05. The molecule has 0 aliphatic rings. The average Bonchev–Trinajstić information content (AvgIpc) is 2.26. The summed E-state index contributed by atoms with van der Waals surface area (Å²) in [5, 5.41) is 0.734. The maximum atomic E-state index is 5.54. The van der Waals surface area contributed by atoms with Gasteiger partial charge in [-0.1, -0.05) is 54.8 Å². The van der Waals surface area contributed by atoms with Crippen LogP contribution in [0.25, 0.3) is 0 Å². The molecule has 0 fully saturated rings. The van der Waals surface area contributed by atoms with Crippen molar-refractivity contribution in [3.8, 4) is 0 Å². The zero-order chi connectivity index (χ0) is 11.4. The summed E-state index contributed by atoms with van der Waals surface area (Å²) in [5.74, 6) is 0. The van der Waals surface area contributed by atoms with Crippen molar-refractivity contribution in [1.82, 2.24) is 0 Å². The van der Waals surface area contributed by atoms with Gasteiger partial charge in [0.2, 0.25) is 0 Å². The molecule has 3 heteroatoms. The van der Waals surface area contributed by atoms with E-state index in [4.69, 9.17) is 9.47 Å². The van der Waals surface area contributed by atoms with E-state index in [0.717, 1.165) is 31.2 Å². The van der Waals surface area contributed by atoms with E-state index in [1.54, 1.807) is 0 Å². The lowest BCUT2D eigenvalue weighted by molar-refractivity contribution is -0.119. The van der Waals surface area contributed by atoms with Crippen LogP contribution in [0.2, 0.25) is 0 Å². The minimum Gasteiger partial charge on any atom is -0.352 e. The van der Waals surface area contributed by atoms with E-state index in [-0.39, 0.29) is 6.29 Å². The van der Waals surface area contributed by atoms with Crippen molar-refractivity contribution >= 4 is 15.9 Å². The standard InChI is InChI=1S/C12H23BrO2/c1-3-5-7-8-10-15-12(11-13)14-9-6-4-2/h7-8,12H,3-6,9-11H2,1-2H3/b8-7+. The number of ether oxygens (including phenoxy) is 2. The largest absolute Gasteiger partial charge is 0.352 e. The highest BCUT2D eigenvalue weighted by molar-refractivity contribution is 9.09. The van der Waals surface area contributed by atoms with E-state index >= 15 is 0 Å². The predicted octanol–water partition coefficient (Wildman–Crippen LogP) is 3.90. The van der Waals surface area contributed by atoms with Crippen LogP contribution in [-0.2, 0) is 9.47 Å². The smallest absolute Gasteiger partial charge is 0.167 e. The molecule has 2 nitrogen and oxygen atoms in total. The molecule has 0 amide bonds. The van der Waals surface area contributed by atoms with Crippen LogP contribution in [-0.4, -0.2) is 24.8 Å². The second kappa shape index (κ2) is 12.2. The minimum absolute atomic E-state index is 0.108. The summed E-state index contributed by atoms with van der Waals surface area (Å²) in [7, 11) is 0. The Labute approximate surface area is 102 Å². The van der Waals surface area contributed by atoms with E-state index in [0.29, 0.717) is 6.61 Å². The molecule has 0 bridgehead atoms. The van der Waals surface area contributed by atoms with Crippen molar-refractivity contribution in [3.63, 3.8) is 0 Å². The van der Waals surface area contributed by atoms with Gasteiger partial charge in [0, 0.05) is 6.61 Å². The third kappa shape index (κ3) is 10.4. The fourth-order valence-electron chi connectivity index (χ4n) is 1.01. The summed E-state index contributed by atoms with van der Waals surface area (Å²) in [4.78, 5) is 0. The summed E-state index contributed by atoms with van der Waals surface area (Å²) >= 11 is 3.38. The summed E-state index contributed by atoms with van der Waals surface area (Å²) in [6.45, 7) is 5.75. The van der Waals surface area contributed by atoms with Gasteiger partial charge in [-0.05, 0) is 12.8 Å². The molecule has 1 atom stereocenters. The lowest BCUT2D eigenvalue weighted by atomic mass is 10.3. The predicted molar refractivity (Wildman–Crippen MR) is 68.4 cm³/mol. The van der Waals surface area contributed by atoms with Gasteiger partial charge in [0.05, 0.1) is 11.9 Å². The maximum Gasteiger partial charge on any atom is 0.167 e. The first-order valence-corrected chi connectivity index (χ1v) is 6.91. The highest BCUT2D eigenvalue weighted by atomic mass is 79.9. The zero-order valence-electron chi connectivity index (χ0n) is 9.88. The number of unbranched alkanes of at least 4 members (excludes halogenated alkanes) is 2. The molecule has 0 aromatic heterocycles. The van der Waals surface area contributed by atoms with Gasteiger partial charge in [-0.15, -0.1) is 0 Å². The number of halogens is 1. The Morgan fingerprint density at radius 1 is 1.13 bits per heavy atom. The molecule has 0 aliphatic carbocycles. The molecule has 90 valence electrons. The Bertz CT molecular complexity index is 149. The van der Waals surface area contributed by atoms with Crippen LogP contribution in [0.4, 0.5) is 0 Å². The molecular weight excluding hydrogens is 256 g/mol. The van der Waals surface area contributed by atoms with E-state index in [1.807, 2.05) is 0 Å². The first kappa shape index (κ1) is 15.1. The third-order valence-corrected chi connectivity index (χ3v) is 2.46. The van der Waals surface area contributed by atoms with E-state index in [9.17, 15) is 0 Å². The fourth-order valence-corrected chi connectivity index (χ4v) is 1.39. The molecule has 0 rings (SSSR count). The molecule has 0 aromatic carbocycles. The molecule has 0 aliphatic heterocycles. The lowest BCUT2D eigenvalue weighted by Crippen LogP contribution is -2.19. The van der Waals surface area contributed by atoms with Crippen LogP contribution in [0, 0.1) is 0 Å². The monoisotopic (exact) mass is 278 g/mol. The Hall–Kier alpha value is 0.140. The maximum absolute atomic E-state index is 5.54. The van der Waals surface area contributed by atoms with Crippen molar-refractivity contribution in [2.45, 2.75) is 45.8 Å². The van der Waals surface area contributed by atoms with Crippen LogP contribution < -0.4 is 0 Å². The molecule has 0 N–H and O–H groups in total. The molecule has 0 heterocycles. The molecule has 1 unspecified atom stereocenters. The summed E-state index contributed by atoms with van der Waals surface area (Å²) in [6.07, 6.45) is 8.66. The number of hydrogen-bond donors (Lipinski definition) is 0. The molecule has 0 aromatic rings. The van der Waals surface area contributed by atoms with Gasteiger partial charge in [0.1, 0.15) is 0 Å². The topological polar surface area (TPSA) is 18.5 Å². The number of hydrogen-bond acceptors (Lipinski definition) is 2. The van der Waals surface area contributed by atoms with Crippen molar-refractivity contribution in [1.29, 1.82) is 0 Å². The lowest BCUT2D eigenvalue weighted by Gasteiger charge is -2.14. The summed E-state index contributed by atoms with van der Waals surface area (Å²) in [5.41, 5.74) is 0. The van der Waals surface area contributed by atoms with Crippen LogP contribution in [0.3, 0.4) is 0 Å². The van der Waals surface area contributed by atoms with Crippen LogP contribution in [0.1, 0.15) is 39.5 Å². The van der Waals surface area contributed by atoms with Crippen LogP contribution >= 0.6 is 15.9 Å². The Balaban J connectivity index is 3.43. The summed E-state index contributed by atoms with van der Waals surface area (Å²) < 4.78 is 11.1. The third-order valence-electron chi connectivity index (χ3n) is 1.93. The van der Waals surface area contributed by atoms with Gasteiger partial charge in [0.25, 0.3) is 0 Å². The van der Waals surface area contributed by atoms with E-state index in [2.05, 4.69) is 41.9 Å². The Morgan fingerprint density at radius 2 is 1.93 bits per heavy atom. The van der Waals surface area contributed by atoms with Crippen molar-refractivity contribution in [2.75, 3.05) is 18.5 Å². The van der Waals surface area contributed by atoms with Crippen molar-refractivity contribution < 1.29 is 9.47 Å². The van der Waals surface area contributed by atoms with Gasteiger partial charge in [0.15, 0.2) is 6.29 Å². The minimum atomic E-state index is -0.108. The second-order valence-electron chi connectivity index (χ2n) is 3.40. The SMILES string of the molecule is CCC/C=C/COC(CBr)OCCCC. The molecule has 0 spiro atoms. The van der Waals surface area contributed by atoms with Gasteiger partial charge < -0.3 is 9.47 Å². The van der Waals surface area contributed by atoms with Crippen molar-refractivity contribution in [2.24, 2.45) is 0 Å². The molecule has 15 heavy (non-hydrogen) atoms. The molecule has 0 radical (unpaired) electrons. The fraction of sp³-hybridized carbons (Fsp3) is 0.833. The quantitative estimate of drug-likeness (QED) is 0.261. The normalized spacial score (nSPS) is 13.5. The first-order valence-electron chi connectivity index (χ1n) is 5.79. The highest BCUT2D eigenvalue weighted by Gasteiger charge is 2.05. The number of allylic oxidation sites excluding steroid dienone is 1. The molecule has 0 saturated heterocycles. The number of alkyl halides is 1. The van der Waals surface area contributed by atoms with Gasteiger partial charge in [-0.3, -0.25) is 0 Å². The van der Waals surface area contributed by atoms with E-state index in [1.165, 1.54) is 6.42 Å². The van der Waals surface area contributed by atoms with Crippen molar-refractivity contribution in [3.05, 3.63) is 12.2 Å². The Kier molecular flexibility index (Phi) is 12.3. The summed E-state index contributed by atoms with van der Waals surface area (Å²) in [6, 6.07) is 0. The number of rotatable bonds is 10. The first-order chi connectivity index (χ1) is 7.35. The van der Waals surface area contributed by atoms with Gasteiger partial charge >= 0.3 is 0 Å². The van der Waals surface area contributed by atoms with E-state index < -0.39 is 0 Å².